The zero-order valence-electron chi connectivity index (χ0n) is 17.1. The van der Waals surface area contributed by atoms with Gasteiger partial charge in [0.2, 0.25) is 0 Å². The Morgan fingerprint density at radius 3 is 2.61 bits per heavy atom. The molecule has 1 N–H and O–H groups in total. The lowest BCUT2D eigenvalue weighted by molar-refractivity contribution is -0.384. The first kappa shape index (κ1) is 20.5. The summed E-state index contributed by atoms with van der Waals surface area (Å²) in [4.78, 5) is 29.8. The Bertz CT molecular complexity index is 1060. The van der Waals surface area contributed by atoms with Crippen molar-refractivity contribution in [3.63, 3.8) is 0 Å². The Morgan fingerprint density at radius 2 is 1.90 bits per heavy atom. The summed E-state index contributed by atoms with van der Waals surface area (Å²) in [5.41, 5.74) is 1.63. The van der Waals surface area contributed by atoms with Crippen LogP contribution in [0.1, 0.15) is 41.7 Å². The number of nitro groups is 1. The van der Waals surface area contributed by atoms with E-state index in [9.17, 15) is 14.9 Å². The van der Waals surface area contributed by atoms with Gasteiger partial charge in [0.1, 0.15) is 5.82 Å². The number of non-ortho nitro benzene ring substituents is 1. The van der Waals surface area contributed by atoms with E-state index in [0.717, 1.165) is 24.5 Å². The number of nitrogens with zero attached hydrogens (tertiary/aromatic N) is 5. The van der Waals surface area contributed by atoms with Crippen LogP contribution in [0, 0.1) is 10.1 Å². The van der Waals surface area contributed by atoms with E-state index in [4.69, 9.17) is 0 Å². The van der Waals surface area contributed by atoms with Gasteiger partial charge in [-0.3, -0.25) is 14.9 Å². The van der Waals surface area contributed by atoms with Gasteiger partial charge < -0.3 is 10.2 Å². The summed E-state index contributed by atoms with van der Waals surface area (Å²) in [6.07, 6.45) is 8.34. The Labute approximate surface area is 179 Å². The number of aromatic nitrogens is 3. The minimum atomic E-state index is -0.466. The van der Waals surface area contributed by atoms with Crippen LogP contribution in [0.15, 0.2) is 54.9 Å². The van der Waals surface area contributed by atoms with Gasteiger partial charge in [-0.05, 0) is 36.6 Å². The zero-order chi connectivity index (χ0) is 21.6. The number of carbonyl (C=O) groups excluding carboxylic acids is 1. The second kappa shape index (κ2) is 9.38. The van der Waals surface area contributed by atoms with E-state index in [0.29, 0.717) is 12.2 Å². The highest BCUT2D eigenvalue weighted by atomic mass is 16.6. The zero-order valence-corrected chi connectivity index (χ0v) is 17.1. The molecule has 1 amide bonds. The van der Waals surface area contributed by atoms with Crippen LogP contribution >= 0.6 is 0 Å². The lowest BCUT2D eigenvalue weighted by atomic mass is 10.2. The first-order valence-electron chi connectivity index (χ1n) is 10.4. The standard InChI is InChI=1S/C22H24N6O3/c29-22(20-10-13-27(25-20)18-6-5-7-19(14-18)28(30)31)24-16-17-8-9-21(23-15-17)26-11-3-1-2-4-12-26/h5-10,13-15H,1-4,11-12,16H2,(H,24,29). The van der Waals surface area contributed by atoms with Gasteiger partial charge in [0.25, 0.3) is 11.6 Å². The number of amides is 1. The average Bonchev–Trinajstić information content (AvgIpc) is 3.14. The number of rotatable bonds is 6. The maximum atomic E-state index is 12.5. The summed E-state index contributed by atoms with van der Waals surface area (Å²) >= 11 is 0. The van der Waals surface area contributed by atoms with Crippen LogP contribution in [0.3, 0.4) is 0 Å². The van der Waals surface area contributed by atoms with Crippen molar-refractivity contribution in [1.29, 1.82) is 0 Å². The van der Waals surface area contributed by atoms with Crippen molar-refractivity contribution < 1.29 is 9.72 Å². The second-order valence-corrected chi connectivity index (χ2v) is 7.53. The number of nitro benzene ring substituents is 1. The Balaban J connectivity index is 1.36. The summed E-state index contributed by atoms with van der Waals surface area (Å²) < 4.78 is 1.44. The van der Waals surface area contributed by atoms with Gasteiger partial charge in [-0.25, -0.2) is 9.67 Å². The van der Waals surface area contributed by atoms with Crippen molar-refractivity contribution in [1.82, 2.24) is 20.1 Å². The lowest BCUT2D eigenvalue weighted by Crippen LogP contribution is -2.25. The van der Waals surface area contributed by atoms with Crippen molar-refractivity contribution >= 4 is 17.4 Å². The van der Waals surface area contributed by atoms with Gasteiger partial charge in [-0.2, -0.15) is 5.10 Å². The first-order valence-corrected chi connectivity index (χ1v) is 10.4. The number of pyridine rings is 1. The molecule has 9 nitrogen and oxygen atoms in total. The summed E-state index contributed by atoms with van der Waals surface area (Å²) in [6, 6.07) is 11.7. The molecule has 1 saturated heterocycles. The third kappa shape index (κ3) is 5.06. The maximum Gasteiger partial charge on any atom is 0.272 e. The monoisotopic (exact) mass is 420 g/mol. The summed E-state index contributed by atoms with van der Waals surface area (Å²) in [6.45, 7) is 2.42. The van der Waals surface area contributed by atoms with E-state index in [2.05, 4.69) is 20.3 Å². The molecule has 160 valence electrons. The normalized spacial score (nSPS) is 14.1. The molecule has 9 heteroatoms. The topological polar surface area (TPSA) is 106 Å². The third-order valence-corrected chi connectivity index (χ3v) is 5.32. The molecule has 1 fully saturated rings. The SMILES string of the molecule is O=C(NCc1ccc(N2CCCCCC2)nc1)c1ccn(-c2cccc([N+](=O)[O-])c2)n1. The van der Waals surface area contributed by atoms with Gasteiger partial charge >= 0.3 is 0 Å². The molecule has 3 aromatic rings. The van der Waals surface area contributed by atoms with Crippen LogP contribution in [0.25, 0.3) is 5.69 Å². The van der Waals surface area contributed by atoms with Gasteiger partial charge in [0.15, 0.2) is 5.69 Å². The molecule has 1 aliphatic rings. The van der Waals surface area contributed by atoms with Crippen LogP contribution in [0.5, 0.6) is 0 Å². The van der Waals surface area contributed by atoms with E-state index >= 15 is 0 Å². The predicted octanol–water partition coefficient (Wildman–Crippen LogP) is 3.49. The molecule has 3 heterocycles. The Kier molecular flexibility index (Phi) is 6.21. The highest BCUT2D eigenvalue weighted by Gasteiger charge is 2.13. The molecule has 0 unspecified atom stereocenters. The molecule has 1 aliphatic heterocycles. The number of carbonyl (C=O) groups is 1. The van der Waals surface area contributed by atoms with E-state index < -0.39 is 4.92 Å². The van der Waals surface area contributed by atoms with E-state index in [-0.39, 0.29) is 17.3 Å². The smallest absolute Gasteiger partial charge is 0.272 e. The van der Waals surface area contributed by atoms with Crippen molar-refractivity contribution in [2.24, 2.45) is 0 Å². The van der Waals surface area contributed by atoms with Crippen LogP contribution in [0.4, 0.5) is 11.5 Å². The van der Waals surface area contributed by atoms with Gasteiger partial charge in [-0.15, -0.1) is 0 Å². The number of nitrogens with one attached hydrogen (secondary N) is 1. The molecule has 0 aliphatic carbocycles. The predicted molar refractivity (Wildman–Crippen MR) is 116 cm³/mol. The first-order chi connectivity index (χ1) is 15.1. The minimum absolute atomic E-state index is 0.0323. The molecule has 0 saturated carbocycles. The quantitative estimate of drug-likeness (QED) is 0.483. The number of hydrogen-bond donors (Lipinski definition) is 1. The van der Waals surface area contributed by atoms with Crippen molar-refractivity contribution in [2.75, 3.05) is 18.0 Å². The highest BCUT2D eigenvalue weighted by molar-refractivity contribution is 5.92. The average molecular weight is 420 g/mol. The number of benzene rings is 1. The van der Waals surface area contributed by atoms with Crippen LogP contribution < -0.4 is 10.2 Å². The highest BCUT2D eigenvalue weighted by Crippen LogP contribution is 2.18. The molecular formula is C22H24N6O3. The van der Waals surface area contributed by atoms with Crippen molar-refractivity contribution in [2.45, 2.75) is 32.2 Å². The van der Waals surface area contributed by atoms with Gasteiger partial charge in [0, 0.05) is 44.2 Å². The van der Waals surface area contributed by atoms with Crippen molar-refractivity contribution in [3.8, 4) is 5.69 Å². The van der Waals surface area contributed by atoms with Crippen molar-refractivity contribution in [3.05, 3.63) is 76.2 Å². The molecule has 0 radical (unpaired) electrons. The maximum absolute atomic E-state index is 12.5. The molecule has 31 heavy (non-hydrogen) atoms. The molecular weight excluding hydrogens is 396 g/mol. The molecule has 0 bridgehead atoms. The molecule has 0 atom stereocenters. The van der Waals surface area contributed by atoms with Gasteiger partial charge in [0.05, 0.1) is 10.6 Å². The van der Waals surface area contributed by atoms with Crippen LogP contribution in [-0.4, -0.2) is 38.7 Å². The number of anilines is 1. The molecule has 2 aromatic heterocycles. The second-order valence-electron chi connectivity index (χ2n) is 7.53. The fourth-order valence-electron chi connectivity index (χ4n) is 3.62. The largest absolute Gasteiger partial charge is 0.357 e. The fourth-order valence-corrected chi connectivity index (χ4v) is 3.62. The third-order valence-electron chi connectivity index (χ3n) is 5.32. The molecule has 4 rings (SSSR count). The van der Waals surface area contributed by atoms with E-state index in [1.165, 1.54) is 42.5 Å². The van der Waals surface area contributed by atoms with E-state index in [1.807, 2.05) is 12.1 Å². The molecule has 0 spiro atoms. The Hall–Kier alpha value is -3.75. The fraction of sp³-hybridized carbons (Fsp3) is 0.318. The van der Waals surface area contributed by atoms with Crippen LogP contribution in [-0.2, 0) is 6.54 Å². The van der Waals surface area contributed by atoms with E-state index in [1.54, 1.807) is 30.6 Å². The summed E-state index contributed by atoms with van der Waals surface area (Å²) in [5.74, 6) is 0.661. The lowest BCUT2D eigenvalue weighted by Gasteiger charge is -2.21. The summed E-state index contributed by atoms with van der Waals surface area (Å²) in [5, 5.41) is 18.0. The minimum Gasteiger partial charge on any atom is -0.357 e. The Morgan fingerprint density at radius 1 is 1.10 bits per heavy atom. The summed E-state index contributed by atoms with van der Waals surface area (Å²) in [7, 11) is 0. The molecule has 1 aromatic carbocycles. The number of hydrogen-bond acceptors (Lipinski definition) is 6. The van der Waals surface area contributed by atoms with Crippen LogP contribution in [0.2, 0.25) is 0 Å². The van der Waals surface area contributed by atoms with Gasteiger partial charge in [-0.1, -0.05) is 25.0 Å².